The molecule has 6 nitrogen and oxygen atoms in total. The highest BCUT2D eigenvalue weighted by Gasteiger charge is 2.25. The molecule has 1 fully saturated rings. The molecule has 1 atom stereocenters. The Morgan fingerprint density at radius 1 is 1.26 bits per heavy atom. The summed E-state index contributed by atoms with van der Waals surface area (Å²) in [6.45, 7) is 3.29. The first-order chi connectivity index (χ1) is 10.7. The number of fused-ring (bicyclic) bond motifs is 1. The third kappa shape index (κ3) is 4.50. The molecule has 2 aliphatic rings. The van der Waals surface area contributed by atoms with E-state index < -0.39 is 10.0 Å². The molecule has 2 N–H and O–H groups in total. The van der Waals surface area contributed by atoms with Crippen molar-refractivity contribution in [3.63, 3.8) is 0 Å². The summed E-state index contributed by atoms with van der Waals surface area (Å²) in [5, 5.41) is 3.34. The molecule has 2 aliphatic heterocycles. The van der Waals surface area contributed by atoms with Crippen molar-refractivity contribution in [2.75, 3.05) is 32.8 Å². The topological polar surface area (TPSA) is 76.7 Å². The number of hydrogen-bond donors (Lipinski definition) is 2. The van der Waals surface area contributed by atoms with Crippen molar-refractivity contribution in [2.45, 2.75) is 24.2 Å². The van der Waals surface area contributed by atoms with Gasteiger partial charge in [-0.1, -0.05) is 6.07 Å². The number of rotatable bonds is 5. The zero-order valence-electron chi connectivity index (χ0n) is 12.9. The molecule has 0 aromatic heterocycles. The van der Waals surface area contributed by atoms with Crippen LogP contribution in [-0.2, 0) is 10.0 Å². The van der Waals surface area contributed by atoms with Gasteiger partial charge in [-0.2, -0.15) is 0 Å². The highest BCUT2D eigenvalue weighted by Crippen LogP contribution is 2.36. The maximum Gasteiger partial charge on any atom is 0.244 e. The van der Waals surface area contributed by atoms with Gasteiger partial charge >= 0.3 is 0 Å². The van der Waals surface area contributed by atoms with E-state index in [1.165, 1.54) is 0 Å². The minimum absolute atomic E-state index is 0. The Hall–Kier alpha value is -1.02. The minimum atomic E-state index is -3.58. The number of para-hydroxylation sites is 1. The van der Waals surface area contributed by atoms with E-state index in [0.29, 0.717) is 37.2 Å². The zero-order valence-corrected chi connectivity index (χ0v) is 14.5. The second-order valence-corrected chi connectivity index (χ2v) is 7.41. The highest BCUT2D eigenvalue weighted by molar-refractivity contribution is 7.89. The Labute approximate surface area is 143 Å². The Morgan fingerprint density at radius 3 is 2.87 bits per heavy atom. The van der Waals surface area contributed by atoms with E-state index in [1.54, 1.807) is 18.2 Å². The van der Waals surface area contributed by atoms with Gasteiger partial charge in [0.2, 0.25) is 10.0 Å². The van der Waals surface area contributed by atoms with Crippen LogP contribution in [0.25, 0.3) is 0 Å². The van der Waals surface area contributed by atoms with Crippen LogP contribution in [0.15, 0.2) is 23.1 Å². The largest absolute Gasteiger partial charge is 0.486 e. The van der Waals surface area contributed by atoms with Crippen molar-refractivity contribution in [1.82, 2.24) is 10.0 Å². The second kappa shape index (κ2) is 8.19. The average Bonchev–Trinajstić information content (AvgIpc) is 2.55. The highest BCUT2D eigenvalue weighted by atomic mass is 35.5. The molecule has 0 bridgehead atoms. The van der Waals surface area contributed by atoms with E-state index in [1.807, 2.05) is 0 Å². The molecule has 23 heavy (non-hydrogen) atoms. The fraction of sp³-hybridized carbons (Fsp3) is 0.600. The van der Waals surface area contributed by atoms with Crippen molar-refractivity contribution in [2.24, 2.45) is 5.92 Å². The number of ether oxygens (including phenoxy) is 2. The number of benzene rings is 1. The molecule has 0 saturated carbocycles. The van der Waals surface area contributed by atoms with E-state index in [0.717, 1.165) is 32.4 Å². The standard InChI is InChI=1S/C15H22N2O4S.ClH/c18-22(19,17-8-6-12-3-2-7-16-11-12)14-5-1-4-13-15(14)21-10-9-20-13;/h1,4-5,12,16-17H,2-3,6-11H2;1H. The Balaban J connectivity index is 0.00000192. The number of nitrogens with one attached hydrogen (secondary N) is 2. The summed E-state index contributed by atoms with van der Waals surface area (Å²) in [6, 6.07) is 4.95. The zero-order chi connectivity index (χ0) is 15.4. The first kappa shape index (κ1) is 18.3. The molecule has 3 rings (SSSR count). The number of sulfonamides is 1. The van der Waals surface area contributed by atoms with Crippen molar-refractivity contribution in [1.29, 1.82) is 0 Å². The summed E-state index contributed by atoms with van der Waals surface area (Å²) in [6.07, 6.45) is 3.17. The summed E-state index contributed by atoms with van der Waals surface area (Å²) in [4.78, 5) is 0.159. The Bertz CT molecular complexity index is 618. The predicted molar refractivity (Wildman–Crippen MR) is 90.1 cm³/mol. The maximum atomic E-state index is 12.5. The summed E-state index contributed by atoms with van der Waals surface area (Å²) < 4.78 is 38.6. The van der Waals surface area contributed by atoms with Gasteiger partial charge in [0.15, 0.2) is 11.5 Å². The van der Waals surface area contributed by atoms with Gasteiger partial charge in [0.25, 0.3) is 0 Å². The molecular weight excluding hydrogens is 340 g/mol. The van der Waals surface area contributed by atoms with Crippen LogP contribution in [0.1, 0.15) is 19.3 Å². The van der Waals surface area contributed by atoms with Gasteiger partial charge in [0.1, 0.15) is 18.1 Å². The molecular formula is C15H23ClN2O4S. The molecule has 1 aromatic carbocycles. The van der Waals surface area contributed by atoms with Gasteiger partial charge < -0.3 is 14.8 Å². The molecule has 1 saturated heterocycles. The molecule has 8 heteroatoms. The lowest BCUT2D eigenvalue weighted by atomic mass is 9.96. The lowest BCUT2D eigenvalue weighted by Crippen LogP contribution is -2.33. The summed E-state index contributed by atoms with van der Waals surface area (Å²) >= 11 is 0. The Kier molecular flexibility index (Phi) is 6.52. The molecule has 130 valence electrons. The normalized spacial score (nSPS) is 20.6. The van der Waals surface area contributed by atoms with Gasteiger partial charge in [0.05, 0.1) is 0 Å². The number of piperidine rings is 1. The van der Waals surface area contributed by atoms with E-state index in [2.05, 4.69) is 10.0 Å². The fourth-order valence-electron chi connectivity index (χ4n) is 2.90. The maximum absolute atomic E-state index is 12.5. The van der Waals surface area contributed by atoms with E-state index >= 15 is 0 Å². The van der Waals surface area contributed by atoms with Crippen LogP contribution in [0.5, 0.6) is 11.5 Å². The van der Waals surface area contributed by atoms with E-state index in [9.17, 15) is 8.42 Å². The van der Waals surface area contributed by atoms with E-state index in [4.69, 9.17) is 9.47 Å². The summed E-state index contributed by atoms with van der Waals surface area (Å²) in [5.74, 6) is 1.35. The van der Waals surface area contributed by atoms with Crippen molar-refractivity contribution < 1.29 is 17.9 Å². The van der Waals surface area contributed by atoms with Crippen LogP contribution in [-0.4, -0.2) is 41.3 Å². The molecule has 1 aromatic rings. The minimum Gasteiger partial charge on any atom is -0.486 e. The third-order valence-corrected chi connectivity index (χ3v) is 5.55. The van der Waals surface area contributed by atoms with Gasteiger partial charge in [-0.15, -0.1) is 12.4 Å². The van der Waals surface area contributed by atoms with Gasteiger partial charge in [0, 0.05) is 6.54 Å². The molecule has 2 heterocycles. The number of hydrogen-bond acceptors (Lipinski definition) is 5. The fourth-order valence-corrected chi connectivity index (χ4v) is 4.11. The van der Waals surface area contributed by atoms with Crippen LogP contribution >= 0.6 is 12.4 Å². The van der Waals surface area contributed by atoms with Gasteiger partial charge in [-0.3, -0.25) is 0 Å². The van der Waals surface area contributed by atoms with Gasteiger partial charge in [-0.05, 0) is 50.4 Å². The summed E-state index contributed by atoms with van der Waals surface area (Å²) in [7, 11) is -3.58. The monoisotopic (exact) mass is 362 g/mol. The van der Waals surface area contributed by atoms with Crippen molar-refractivity contribution in [3.05, 3.63) is 18.2 Å². The lowest BCUT2D eigenvalue weighted by Gasteiger charge is -2.23. The summed E-state index contributed by atoms with van der Waals surface area (Å²) in [5.41, 5.74) is 0. The van der Waals surface area contributed by atoms with Crippen LogP contribution < -0.4 is 19.5 Å². The molecule has 1 unspecified atom stereocenters. The second-order valence-electron chi connectivity index (χ2n) is 5.68. The molecule has 0 radical (unpaired) electrons. The first-order valence-corrected chi connectivity index (χ1v) is 9.24. The third-order valence-electron chi connectivity index (χ3n) is 4.06. The van der Waals surface area contributed by atoms with Crippen molar-refractivity contribution >= 4 is 22.4 Å². The quantitative estimate of drug-likeness (QED) is 0.831. The van der Waals surface area contributed by atoms with Crippen LogP contribution in [0.2, 0.25) is 0 Å². The predicted octanol–water partition coefficient (Wildman–Crippen LogP) is 1.55. The van der Waals surface area contributed by atoms with E-state index in [-0.39, 0.29) is 17.3 Å². The smallest absolute Gasteiger partial charge is 0.244 e. The molecule has 0 aliphatic carbocycles. The SMILES string of the molecule is Cl.O=S(=O)(NCCC1CCCNC1)c1cccc2c1OCCO2. The van der Waals surface area contributed by atoms with Crippen molar-refractivity contribution in [3.8, 4) is 11.5 Å². The molecule has 0 amide bonds. The molecule has 0 spiro atoms. The Morgan fingerprint density at radius 2 is 2.09 bits per heavy atom. The van der Waals surface area contributed by atoms with Crippen LogP contribution in [0.4, 0.5) is 0 Å². The van der Waals surface area contributed by atoms with Crippen LogP contribution in [0, 0.1) is 5.92 Å². The first-order valence-electron chi connectivity index (χ1n) is 7.76. The number of halogens is 1. The average molecular weight is 363 g/mol. The van der Waals surface area contributed by atoms with Crippen LogP contribution in [0.3, 0.4) is 0 Å². The van der Waals surface area contributed by atoms with Gasteiger partial charge in [-0.25, -0.2) is 13.1 Å². The lowest BCUT2D eigenvalue weighted by molar-refractivity contribution is 0.167.